The second-order valence-electron chi connectivity index (χ2n) is 5.79. The first-order valence-corrected chi connectivity index (χ1v) is 7.19. The van der Waals surface area contributed by atoms with E-state index in [4.69, 9.17) is 15.7 Å². The average Bonchev–Trinajstić information content (AvgIpc) is 3.19. The van der Waals surface area contributed by atoms with Crippen molar-refractivity contribution < 1.29 is 9.53 Å². The highest BCUT2D eigenvalue weighted by Crippen LogP contribution is 2.46. The van der Waals surface area contributed by atoms with E-state index >= 15 is 0 Å². The third-order valence-electron chi connectivity index (χ3n) is 4.30. The molecule has 2 aliphatic rings. The maximum atomic E-state index is 11.2. The van der Waals surface area contributed by atoms with Crippen molar-refractivity contribution in [3.8, 4) is 6.07 Å². The molecule has 6 nitrogen and oxygen atoms in total. The Morgan fingerprint density at radius 3 is 2.95 bits per heavy atom. The Labute approximate surface area is 126 Å². The highest BCUT2D eigenvalue weighted by atomic mass is 16.6. The zero-order valence-corrected chi connectivity index (χ0v) is 11.7. The maximum absolute atomic E-state index is 11.2. The van der Waals surface area contributed by atoms with Gasteiger partial charge >= 0.3 is 6.09 Å². The molecule has 2 heterocycles. The first-order valence-electron chi connectivity index (χ1n) is 7.19. The van der Waals surface area contributed by atoms with Crippen LogP contribution >= 0.6 is 0 Å². The number of nitrogen functional groups attached to an aromatic ring is 1. The van der Waals surface area contributed by atoms with Crippen molar-refractivity contribution in [1.29, 1.82) is 5.26 Å². The number of nitrogens with one attached hydrogen (secondary N) is 1. The number of ether oxygens (including phenoxy) is 1. The van der Waals surface area contributed by atoms with Gasteiger partial charge in [0.15, 0.2) is 0 Å². The number of nitrogens with two attached hydrogens (primary N) is 1. The maximum Gasteiger partial charge on any atom is 0.407 e. The number of aromatic nitrogens is 1. The van der Waals surface area contributed by atoms with Gasteiger partial charge in [0.05, 0.1) is 18.5 Å². The van der Waals surface area contributed by atoms with E-state index in [1.807, 2.05) is 18.2 Å². The Morgan fingerprint density at radius 1 is 1.41 bits per heavy atom. The van der Waals surface area contributed by atoms with E-state index in [0.29, 0.717) is 12.2 Å². The number of pyridine rings is 1. The van der Waals surface area contributed by atoms with Crippen molar-refractivity contribution in [2.75, 3.05) is 12.3 Å². The third-order valence-corrected chi connectivity index (χ3v) is 4.30. The molecule has 3 unspecified atom stereocenters. The van der Waals surface area contributed by atoms with Crippen molar-refractivity contribution in [2.24, 2.45) is 5.92 Å². The number of alkyl carbamates (subject to hydrolysis) is 1. The van der Waals surface area contributed by atoms with E-state index in [2.05, 4.69) is 16.4 Å². The monoisotopic (exact) mass is 294 g/mol. The van der Waals surface area contributed by atoms with Crippen LogP contribution in [0.1, 0.15) is 29.7 Å². The topological polar surface area (TPSA) is 101 Å². The summed E-state index contributed by atoms with van der Waals surface area (Å²) < 4.78 is 5.21. The summed E-state index contributed by atoms with van der Waals surface area (Å²) in [6, 6.07) is 8.07. The number of hydrogen-bond donors (Lipinski definition) is 2. The van der Waals surface area contributed by atoms with Crippen LogP contribution in [0.4, 0.5) is 10.5 Å². The lowest BCUT2D eigenvalue weighted by atomic mass is 10.0. The zero-order chi connectivity index (χ0) is 15.3. The summed E-state index contributed by atoms with van der Waals surface area (Å²) >= 11 is 0. The molecule has 110 valence electrons. The van der Waals surface area contributed by atoms with Crippen molar-refractivity contribution >= 4 is 22.6 Å². The molecule has 1 aliphatic carbocycles. The molecule has 1 aliphatic heterocycles. The summed E-state index contributed by atoms with van der Waals surface area (Å²) in [5.41, 5.74) is 8.51. The number of amides is 1. The molecule has 0 spiro atoms. The molecule has 4 rings (SSSR count). The molecule has 6 heteroatoms. The predicted molar refractivity (Wildman–Crippen MR) is 79.8 cm³/mol. The zero-order valence-electron chi connectivity index (χ0n) is 11.7. The first kappa shape index (κ1) is 12.9. The molecule has 0 bridgehead atoms. The number of cyclic esters (lactones) is 1. The van der Waals surface area contributed by atoms with Crippen LogP contribution in [0, 0.1) is 17.2 Å². The van der Waals surface area contributed by atoms with Gasteiger partial charge in [-0.05, 0) is 35.6 Å². The fraction of sp³-hybridized carbons (Fsp3) is 0.312. The van der Waals surface area contributed by atoms with Gasteiger partial charge in [0, 0.05) is 28.9 Å². The number of rotatable bonds is 2. The Balaban J connectivity index is 1.75. The van der Waals surface area contributed by atoms with E-state index in [0.717, 1.165) is 28.5 Å². The van der Waals surface area contributed by atoms with Gasteiger partial charge < -0.3 is 15.8 Å². The molecule has 1 amide bonds. The number of carbonyl (C=O) groups excluding carboxylic acids is 1. The molecule has 1 saturated heterocycles. The summed E-state index contributed by atoms with van der Waals surface area (Å²) in [6.45, 7) is 0.445. The molecule has 1 aromatic carbocycles. The van der Waals surface area contributed by atoms with Crippen molar-refractivity contribution in [1.82, 2.24) is 10.3 Å². The normalized spacial score (nSPS) is 26.3. The highest BCUT2D eigenvalue weighted by molar-refractivity contribution is 5.93. The van der Waals surface area contributed by atoms with Gasteiger partial charge in [-0.15, -0.1) is 0 Å². The van der Waals surface area contributed by atoms with Gasteiger partial charge in [0.2, 0.25) is 0 Å². The summed E-state index contributed by atoms with van der Waals surface area (Å²) in [7, 11) is 0. The standard InChI is InChI=1S/C16H14N4O2/c17-5-10-2-11(10)14-4-8-1-9(15-7-20-16(21)22-15)3-13(18)12(8)6-19-14/h1,3-4,6,10-11,15H,2,7,18H2,(H,20,21). The van der Waals surface area contributed by atoms with Gasteiger partial charge in [-0.3, -0.25) is 4.98 Å². The second-order valence-corrected chi connectivity index (χ2v) is 5.79. The number of hydrogen-bond acceptors (Lipinski definition) is 5. The number of carbonyl (C=O) groups is 1. The number of nitriles is 1. The van der Waals surface area contributed by atoms with Crippen LogP contribution in [0.25, 0.3) is 10.8 Å². The Kier molecular flexibility index (Phi) is 2.70. The molecule has 22 heavy (non-hydrogen) atoms. The number of fused-ring (bicyclic) bond motifs is 1. The summed E-state index contributed by atoms with van der Waals surface area (Å²) in [5, 5.41) is 13.4. The quantitative estimate of drug-likeness (QED) is 0.827. The first-order chi connectivity index (χ1) is 10.7. The molecule has 3 N–H and O–H groups in total. The Hall–Kier alpha value is -2.81. The Morgan fingerprint density at radius 2 is 2.27 bits per heavy atom. The summed E-state index contributed by atoms with van der Waals surface area (Å²) in [6.07, 6.45) is 1.90. The summed E-state index contributed by atoms with van der Waals surface area (Å²) in [5.74, 6) is 0.302. The second kappa shape index (κ2) is 4.60. The van der Waals surface area contributed by atoms with E-state index < -0.39 is 6.09 Å². The predicted octanol–water partition coefficient (Wildman–Crippen LogP) is 2.22. The van der Waals surface area contributed by atoms with Crippen LogP contribution < -0.4 is 11.1 Å². The molecule has 0 radical (unpaired) electrons. The van der Waals surface area contributed by atoms with Crippen LogP contribution in [0.15, 0.2) is 24.4 Å². The average molecular weight is 294 g/mol. The van der Waals surface area contributed by atoms with Crippen molar-refractivity contribution in [3.63, 3.8) is 0 Å². The number of nitrogens with zero attached hydrogens (tertiary/aromatic N) is 2. The van der Waals surface area contributed by atoms with Gasteiger partial charge in [-0.1, -0.05) is 0 Å². The minimum Gasteiger partial charge on any atom is -0.439 e. The lowest BCUT2D eigenvalue weighted by molar-refractivity contribution is 0.141. The smallest absolute Gasteiger partial charge is 0.407 e. The molecule has 2 aromatic rings. The lowest BCUT2D eigenvalue weighted by Gasteiger charge is -2.12. The van der Waals surface area contributed by atoms with Gasteiger partial charge in [-0.2, -0.15) is 5.26 Å². The van der Waals surface area contributed by atoms with Crippen LogP contribution in [-0.2, 0) is 4.74 Å². The van der Waals surface area contributed by atoms with Crippen molar-refractivity contribution in [3.05, 3.63) is 35.7 Å². The van der Waals surface area contributed by atoms with E-state index in [1.165, 1.54) is 0 Å². The summed E-state index contributed by atoms with van der Waals surface area (Å²) in [4.78, 5) is 15.6. The fourth-order valence-electron chi connectivity index (χ4n) is 2.95. The van der Waals surface area contributed by atoms with Crippen LogP contribution in [-0.4, -0.2) is 17.6 Å². The minimum absolute atomic E-state index is 0.0745. The van der Waals surface area contributed by atoms with E-state index in [-0.39, 0.29) is 17.9 Å². The lowest BCUT2D eigenvalue weighted by Crippen LogP contribution is -2.12. The largest absolute Gasteiger partial charge is 0.439 e. The van der Waals surface area contributed by atoms with Gasteiger partial charge in [-0.25, -0.2) is 4.79 Å². The minimum atomic E-state index is -0.408. The van der Waals surface area contributed by atoms with E-state index in [1.54, 1.807) is 6.20 Å². The van der Waals surface area contributed by atoms with Gasteiger partial charge in [0.1, 0.15) is 6.10 Å². The fourth-order valence-corrected chi connectivity index (χ4v) is 2.95. The molecule has 3 atom stereocenters. The molecule has 2 fully saturated rings. The SMILES string of the molecule is N#CC1CC1c1cc2cc(C3CNC(=O)O3)cc(N)c2cn1. The third kappa shape index (κ3) is 2.02. The van der Waals surface area contributed by atoms with Crippen molar-refractivity contribution in [2.45, 2.75) is 18.4 Å². The molecular formula is C16H14N4O2. The van der Waals surface area contributed by atoms with Crippen LogP contribution in [0.5, 0.6) is 0 Å². The van der Waals surface area contributed by atoms with E-state index in [9.17, 15) is 4.79 Å². The Bertz CT molecular complexity index is 827. The number of anilines is 1. The van der Waals surface area contributed by atoms with Gasteiger partial charge in [0.25, 0.3) is 0 Å². The molecule has 1 saturated carbocycles. The number of benzene rings is 1. The molecule has 1 aromatic heterocycles. The van der Waals surface area contributed by atoms with Crippen LogP contribution in [0.3, 0.4) is 0 Å². The highest BCUT2D eigenvalue weighted by Gasteiger charge is 2.39. The molecular weight excluding hydrogens is 280 g/mol. The van der Waals surface area contributed by atoms with Crippen LogP contribution in [0.2, 0.25) is 0 Å².